The highest BCUT2D eigenvalue weighted by Gasteiger charge is 2.27. The topological polar surface area (TPSA) is 85.8 Å². The third kappa shape index (κ3) is 5.11. The van der Waals surface area contributed by atoms with Crippen LogP contribution in [0.4, 0.5) is 0 Å². The van der Waals surface area contributed by atoms with E-state index < -0.39 is 6.10 Å². The number of nitrogens with zero attached hydrogens (tertiary/aromatic N) is 1. The van der Waals surface area contributed by atoms with E-state index in [-0.39, 0.29) is 23.9 Å². The number of carbonyl (C=O) groups excluding carboxylic acids is 1. The molecule has 7 heteroatoms. The van der Waals surface area contributed by atoms with E-state index in [9.17, 15) is 9.59 Å². The molecule has 2 aromatic rings. The van der Waals surface area contributed by atoms with Crippen molar-refractivity contribution in [1.29, 1.82) is 0 Å². The minimum atomic E-state index is -0.601. The van der Waals surface area contributed by atoms with Crippen LogP contribution in [0.5, 0.6) is 5.75 Å². The van der Waals surface area contributed by atoms with Gasteiger partial charge in [0.2, 0.25) is 0 Å². The minimum absolute atomic E-state index is 0. The molecule has 0 bridgehead atoms. The van der Waals surface area contributed by atoms with Crippen molar-refractivity contribution in [2.45, 2.75) is 52.6 Å². The number of hydrogen-bond donors (Lipinski definition) is 1. The average molecular weight is 423 g/mol. The van der Waals surface area contributed by atoms with Gasteiger partial charge in [0.05, 0.1) is 0 Å². The summed E-state index contributed by atoms with van der Waals surface area (Å²) < 4.78 is 11.4. The molecule has 1 saturated heterocycles. The molecule has 2 heterocycles. The Morgan fingerprint density at radius 2 is 2.03 bits per heavy atom. The summed E-state index contributed by atoms with van der Waals surface area (Å²) in [6.07, 6.45) is 3.04. The summed E-state index contributed by atoms with van der Waals surface area (Å²) in [7, 11) is 0. The van der Waals surface area contributed by atoms with Crippen LogP contribution in [0.15, 0.2) is 27.4 Å². The SMILES string of the molecule is CCCc1cc(=O)oc2c(C)c(OC(C)C(=O)N3CCC(CN)CC3)ccc12.Cl. The van der Waals surface area contributed by atoms with Gasteiger partial charge in [0.1, 0.15) is 11.3 Å². The maximum absolute atomic E-state index is 12.8. The first kappa shape index (κ1) is 23.2. The molecule has 1 fully saturated rings. The number of likely N-dealkylation sites (tertiary alicyclic amines) is 1. The van der Waals surface area contributed by atoms with Crippen molar-refractivity contribution in [2.75, 3.05) is 19.6 Å². The number of carbonyl (C=O) groups is 1. The van der Waals surface area contributed by atoms with E-state index in [1.807, 2.05) is 24.0 Å². The Bertz CT molecular complexity index is 904. The zero-order chi connectivity index (χ0) is 20.3. The van der Waals surface area contributed by atoms with Gasteiger partial charge in [-0.05, 0) is 63.3 Å². The molecule has 2 N–H and O–H groups in total. The molecule has 1 aliphatic heterocycles. The van der Waals surface area contributed by atoms with Crippen LogP contribution in [-0.4, -0.2) is 36.5 Å². The lowest BCUT2D eigenvalue weighted by Gasteiger charge is -2.33. The van der Waals surface area contributed by atoms with Crippen molar-refractivity contribution in [2.24, 2.45) is 11.7 Å². The van der Waals surface area contributed by atoms with Crippen molar-refractivity contribution in [3.8, 4) is 5.75 Å². The molecule has 6 nitrogen and oxygen atoms in total. The number of rotatable bonds is 6. The van der Waals surface area contributed by atoms with Crippen LogP contribution in [0.2, 0.25) is 0 Å². The number of piperidine rings is 1. The van der Waals surface area contributed by atoms with Crippen LogP contribution in [0.3, 0.4) is 0 Å². The largest absolute Gasteiger partial charge is 0.480 e. The number of fused-ring (bicyclic) bond motifs is 1. The average Bonchev–Trinajstić information content (AvgIpc) is 2.70. The van der Waals surface area contributed by atoms with Gasteiger partial charge in [-0.2, -0.15) is 0 Å². The molecule has 1 aromatic carbocycles. The second-order valence-electron chi connectivity index (χ2n) is 7.67. The van der Waals surface area contributed by atoms with E-state index in [4.69, 9.17) is 14.9 Å². The second kappa shape index (κ2) is 10.1. The van der Waals surface area contributed by atoms with Crippen LogP contribution in [0.1, 0.15) is 44.2 Å². The molecule has 0 aliphatic carbocycles. The molecule has 0 spiro atoms. The number of benzene rings is 1. The second-order valence-corrected chi connectivity index (χ2v) is 7.67. The Labute approximate surface area is 177 Å². The van der Waals surface area contributed by atoms with Crippen LogP contribution in [0.25, 0.3) is 11.0 Å². The van der Waals surface area contributed by atoms with Gasteiger partial charge < -0.3 is 19.8 Å². The van der Waals surface area contributed by atoms with Gasteiger partial charge in [-0.1, -0.05) is 13.3 Å². The van der Waals surface area contributed by atoms with Crippen LogP contribution < -0.4 is 16.1 Å². The van der Waals surface area contributed by atoms with Gasteiger partial charge in [0, 0.05) is 30.1 Å². The van der Waals surface area contributed by atoms with Gasteiger partial charge >= 0.3 is 5.63 Å². The van der Waals surface area contributed by atoms with Crippen molar-refractivity contribution < 1.29 is 13.9 Å². The molecule has 1 aliphatic rings. The fourth-order valence-corrected chi connectivity index (χ4v) is 3.90. The van der Waals surface area contributed by atoms with Crippen LogP contribution in [-0.2, 0) is 11.2 Å². The third-order valence-corrected chi connectivity index (χ3v) is 5.63. The van der Waals surface area contributed by atoms with Crippen molar-refractivity contribution in [1.82, 2.24) is 4.90 Å². The fraction of sp³-hybridized carbons (Fsp3) is 0.545. The highest BCUT2D eigenvalue weighted by molar-refractivity contribution is 5.86. The summed E-state index contributed by atoms with van der Waals surface area (Å²) >= 11 is 0. The first-order valence-electron chi connectivity index (χ1n) is 10.2. The number of halogens is 1. The summed E-state index contributed by atoms with van der Waals surface area (Å²) in [5.41, 5.74) is 7.64. The summed E-state index contributed by atoms with van der Waals surface area (Å²) in [5, 5.41) is 0.925. The maximum Gasteiger partial charge on any atom is 0.336 e. The van der Waals surface area contributed by atoms with E-state index in [1.54, 1.807) is 13.0 Å². The lowest BCUT2D eigenvalue weighted by Crippen LogP contribution is -2.45. The smallest absolute Gasteiger partial charge is 0.336 e. The zero-order valence-corrected chi connectivity index (χ0v) is 18.2. The summed E-state index contributed by atoms with van der Waals surface area (Å²) in [6, 6.07) is 5.33. The third-order valence-electron chi connectivity index (χ3n) is 5.63. The summed E-state index contributed by atoms with van der Waals surface area (Å²) in [4.78, 5) is 26.6. The van der Waals surface area contributed by atoms with Crippen molar-refractivity contribution >= 4 is 29.3 Å². The molecule has 0 radical (unpaired) electrons. The molecule has 3 rings (SSSR count). The monoisotopic (exact) mass is 422 g/mol. The van der Waals surface area contributed by atoms with E-state index in [1.165, 1.54) is 0 Å². The number of amides is 1. The highest BCUT2D eigenvalue weighted by Crippen LogP contribution is 2.30. The summed E-state index contributed by atoms with van der Waals surface area (Å²) in [6.45, 7) is 7.83. The first-order valence-corrected chi connectivity index (χ1v) is 10.2. The van der Waals surface area contributed by atoms with Crippen LogP contribution in [0, 0.1) is 12.8 Å². The first-order chi connectivity index (χ1) is 13.4. The van der Waals surface area contributed by atoms with E-state index in [2.05, 4.69) is 6.92 Å². The normalized spacial score (nSPS) is 15.8. The maximum atomic E-state index is 12.8. The minimum Gasteiger partial charge on any atom is -0.480 e. The van der Waals surface area contributed by atoms with Crippen molar-refractivity contribution in [3.63, 3.8) is 0 Å². The molecule has 1 aromatic heterocycles. The van der Waals surface area contributed by atoms with Crippen molar-refractivity contribution in [3.05, 3.63) is 39.7 Å². The molecule has 160 valence electrons. The molecular weight excluding hydrogens is 392 g/mol. The van der Waals surface area contributed by atoms with Gasteiger partial charge in [0.15, 0.2) is 6.10 Å². The number of hydrogen-bond acceptors (Lipinski definition) is 5. The Morgan fingerprint density at radius 1 is 1.34 bits per heavy atom. The molecule has 0 saturated carbocycles. The highest BCUT2D eigenvalue weighted by atomic mass is 35.5. The van der Waals surface area contributed by atoms with E-state index in [0.717, 1.165) is 55.3 Å². The summed E-state index contributed by atoms with van der Waals surface area (Å²) in [5.74, 6) is 1.06. The Hall–Kier alpha value is -2.05. The van der Waals surface area contributed by atoms with Gasteiger partial charge in [-0.3, -0.25) is 4.79 Å². The standard InChI is InChI=1S/C22H30N2O4.ClH/c1-4-5-17-12-20(25)28-21-14(2)19(7-6-18(17)21)27-15(3)22(26)24-10-8-16(13-23)9-11-24;/h6-7,12,15-16H,4-5,8-11,13,23H2,1-3H3;1H. The predicted octanol–water partition coefficient (Wildman–Crippen LogP) is 3.44. The lowest BCUT2D eigenvalue weighted by molar-refractivity contribution is -0.139. The molecule has 1 atom stereocenters. The Morgan fingerprint density at radius 3 is 2.66 bits per heavy atom. The number of nitrogens with two attached hydrogens (primary N) is 1. The molecule has 1 amide bonds. The predicted molar refractivity (Wildman–Crippen MR) is 117 cm³/mol. The van der Waals surface area contributed by atoms with Gasteiger partial charge in [0.25, 0.3) is 5.91 Å². The van der Waals surface area contributed by atoms with E-state index >= 15 is 0 Å². The van der Waals surface area contributed by atoms with E-state index in [0.29, 0.717) is 23.8 Å². The van der Waals surface area contributed by atoms with Crippen LogP contribution >= 0.6 is 12.4 Å². The number of ether oxygens (including phenoxy) is 1. The molecular formula is C22H31ClN2O4. The number of aryl methyl sites for hydroxylation is 2. The van der Waals surface area contributed by atoms with Gasteiger partial charge in [-0.25, -0.2) is 4.79 Å². The molecule has 29 heavy (non-hydrogen) atoms. The zero-order valence-electron chi connectivity index (χ0n) is 17.4. The fourth-order valence-electron chi connectivity index (χ4n) is 3.90. The quantitative estimate of drug-likeness (QED) is 0.720. The Balaban J connectivity index is 0.00000300. The molecule has 1 unspecified atom stereocenters. The lowest BCUT2D eigenvalue weighted by atomic mass is 9.97. The van der Waals surface area contributed by atoms with Gasteiger partial charge in [-0.15, -0.1) is 12.4 Å². The Kier molecular flexibility index (Phi) is 8.11.